The molecule has 1 aromatic heterocycles. The van der Waals surface area contributed by atoms with Crippen molar-refractivity contribution in [2.45, 2.75) is 33.9 Å². The van der Waals surface area contributed by atoms with Crippen molar-refractivity contribution in [3.8, 4) is 5.75 Å². The number of hydrogen-bond acceptors (Lipinski definition) is 3. The maximum absolute atomic E-state index is 5.70. The highest BCUT2D eigenvalue weighted by molar-refractivity contribution is 5.38. The summed E-state index contributed by atoms with van der Waals surface area (Å²) in [6.45, 7) is 7.47. The van der Waals surface area contributed by atoms with Crippen molar-refractivity contribution < 1.29 is 4.74 Å². The Morgan fingerprint density at radius 1 is 1.26 bits per heavy atom. The Hall–Kier alpha value is -1.81. The van der Waals surface area contributed by atoms with Gasteiger partial charge in [0, 0.05) is 17.8 Å². The Balaban J connectivity index is 2.38. The van der Waals surface area contributed by atoms with Crippen LogP contribution in [-0.4, -0.2) is 16.9 Å². The zero-order valence-corrected chi connectivity index (χ0v) is 12.0. The Labute approximate surface area is 114 Å². The molecule has 0 saturated carbocycles. The van der Waals surface area contributed by atoms with E-state index in [9.17, 15) is 0 Å². The van der Waals surface area contributed by atoms with Crippen molar-refractivity contribution in [3.05, 3.63) is 46.3 Å². The molecule has 0 saturated heterocycles. The molecule has 19 heavy (non-hydrogen) atoms. The van der Waals surface area contributed by atoms with E-state index in [2.05, 4.69) is 25.0 Å². The van der Waals surface area contributed by atoms with Gasteiger partial charge in [0.15, 0.2) is 0 Å². The van der Waals surface area contributed by atoms with Crippen molar-refractivity contribution in [3.63, 3.8) is 0 Å². The summed E-state index contributed by atoms with van der Waals surface area (Å²) in [5.74, 6) is 0.877. The molecule has 0 atom stereocenters. The average molecular weight is 259 g/mol. The molecule has 0 spiro atoms. The molecule has 0 bridgehead atoms. The lowest BCUT2D eigenvalue weighted by atomic mass is 10.1. The van der Waals surface area contributed by atoms with E-state index in [1.165, 1.54) is 11.3 Å². The summed E-state index contributed by atoms with van der Waals surface area (Å²) < 4.78 is 7.43. The predicted octanol–water partition coefficient (Wildman–Crippen LogP) is 2.32. The topological polar surface area (TPSA) is 53.1 Å². The summed E-state index contributed by atoms with van der Waals surface area (Å²) >= 11 is 0. The molecule has 102 valence electrons. The summed E-state index contributed by atoms with van der Waals surface area (Å²) in [6.07, 6.45) is 0. The molecule has 2 N–H and O–H groups in total. The summed E-state index contributed by atoms with van der Waals surface area (Å²) in [5.41, 5.74) is 11.4. The fourth-order valence-corrected chi connectivity index (χ4v) is 2.18. The molecule has 1 aromatic carbocycles. The van der Waals surface area contributed by atoms with Gasteiger partial charge in [-0.05, 0) is 44.0 Å². The molecule has 0 aliphatic rings. The largest absolute Gasteiger partial charge is 0.496 e. The SMILES string of the molecule is COc1ccc(CN)cc1Cn1nc(C)c(C)c1C. The van der Waals surface area contributed by atoms with E-state index in [0.717, 1.165) is 22.6 Å². The number of aromatic nitrogens is 2. The van der Waals surface area contributed by atoms with Crippen LogP contribution in [0.3, 0.4) is 0 Å². The van der Waals surface area contributed by atoms with Crippen LogP contribution in [-0.2, 0) is 13.1 Å². The first-order valence-corrected chi connectivity index (χ1v) is 6.43. The second kappa shape index (κ2) is 5.45. The summed E-state index contributed by atoms with van der Waals surface area (Å²) in [4.78, 5) is 0. The minimum Gasteiger partial charge on any atom is -0.496 e. The monoisotopic (exact) mass is 259 g/mol. The highest BCUT2D eigenvalue weighted by atomic mass is 16.5. The van der Waals surface area contributed by atoms with Gasteiger partial charge in [-0.2, -0.15) is 5.10 Å². The van der Waals surface area contributed by atoms with Gasteiger partial charge in [-0.3, -0.25) is 4.68 Å². The third kappa shape index (κ3) is 2.63. The summed E-state index contributed by atoms with van der Waals surface area (Å²) in [7, 11) is 1.69. The van der Waals surface area contributed by atoms with Gasteiger partial charge < -0.3 is 10.5 Å². The predicted molar refractivity (Wildman–Crippen MR) is 76.4 cm³/mol. The standard InChI is InChI=1S/C15H21N3O/c1-10-11(2)17-18(12(10)3)9-14-7-13(8-16)5-6-15(14)19-4/h5-7H,8-9,16H2,1-4H3. The molecule has 2 aromatic rings. The Kier molecular flexibility index (Phi) is 3.90. The fraction of sp³-hybridized carbons (Fsp3) is 0.400. The van der Waals surface area contributed by atoms with Gasteiger partial charge in [0.2, 0.25) is 0 Å². The molecule has 0 radical (unpaired) electrons. The highest BCUT2D eigenvalue weighted by Crippen LogP contribution is 2.22. The van der Waals surface area contributed by atoms with Gasteiger partial charge in [0.25, 0.3) is 0 Å². The van der Waals surface area contributed by atoms with Crippen LogP contribution in [0.15, 0.2) is 18.2 Å². The van der Waals surface area contributed by atoms with Crippen LogP contribution in [0.4, 0.5) is 0 Å². The lowest BCUT2D eigenvalue weighted by Crippen LogP contribution is -2.07. The first kappa shape index (κ1) is 13.6. The zero-order chi connectivity index (χ0) is 14.0. The molecule has 0 amide bonds. The van der Waals surface area contributed by atoms with E-state index in [0.29, 0.717) is 13.1 Å². The lowest BCUT2D eigenvalue weighted by Gasteiger charge is -2.11. The average Bonchev–Trinajstić information content (AvgIpc) is 2.66. The number of methoxy groups -OCH3 is 1. The van der Waals surface area contributed by atoms with Crippen molar-refractivity contribution in [2.75, 3.05) is 7.11 Å². The van der Waals surface area contributed by atoms with Crippen LogP contribution in [0.2, 0.25) is 0 Å². The van der Waals surface area contributed by atoms with E-state index in [1.807, 2.05) is 23.7 Å². The highest BCUT2D eigenvalue weighted by Gasteiger charge is 2.10. The zero-order valence-electron chi connectivity index (χ0n) is 12.0. The molecule has 0 aliphatic heterocycles. The smallest absolute Gasteiger partial charge is 0.123 e. The van der Waals surface area contributed by atoms with E-state index in [4.69, 9.17) is 10.5 Å². The molecule has 4 heteroatoms. The molecule has 0 unspecified atom stereocenters. The van der Waals surface area contributed by atoms with E-state index in [1.54, 1.807) is 7.11 Å². The number of nitrogens with two attached hydrogens (primary N) is 1. The van der Waals surface area contributed by atoms with Crippen molar-refractivity contribution >= 4 is 0 Å². The van der Waals surface area contributed by atoms with Gasteiger partial charge in [-0.15, -0.1) is 0 Å². The lowest BCUT2D eigenvalue weighted by molar-refractivity contribution is 0.407. The Morgan fingerprint density at radius 2 is 2.00 bits per heavy atom. The van der Waals surface area contributed by atoms with Crippen LogP contribution >= 0.6 is 0 Å². The van der Waals surface area contributed by atoms with Gasteiger partial charge in [-0.25, -0.2) is 0 Å². The van der Waals surface area contributed by atoms with Crippen molar-refractivity contribution in [1.82, 2.24) is 9.78 Å². The quantitative estimate of drug-likeness (QED) is 0.916. The van der Waals surface area contributed by atoms with Crippen molar-refractivity contribution in [1.29, 1.82) is 0 Å². The van der Waals surface area contributed by atoms with Crippen LogP contribution in [0.1, 0.15) is 28.1 Å². The molecule has 4 nitrogen and oxygen atoms in total. The van der Waals surface area contributed by atoms with Crippen molar-refractivity contribution in [2.24, 2.45) is 5.73 Å². The first-order chi connectivity index (χ1) is 9.06. The third-order valence-corrected chi connectivity index (χ3v) is 3.64. The molecular formula is C15H21N3O. The first-order valence-electron chi connectivity index (χ1n) is 6.43. The fourth-order valence-electron chi connectivity index (χ4n) is 2.18. The summed E-state index contributed by atoms with van der Waals surface area (Å²) in [5, 5.41) is 4.57. The third-order valence-electron chi connectivity index (χ3n) is 3.64. The van der Waals surface area contributed by atoms with E-state index < -0.39 is 0 Å². The van der Waals surface area contributed by atoms with Gasteiger partial charge in [0.05, 0.1) is 19.3 Å². The minimum absolute atomic E-state index is 0.535. The molecular weight excluding hydrogens is 238 g/mol. The number of benzene rings is 1. The second-order valence-corrected chi connectivity index (χ2v) is 4.80. The van der Waals surface area contributed by atoms with E-state index in [-0.39, 0.29) is 0 Å². The molecule has 1 heterocycles. The molecule has 0 fully saturated rings. The van der Waals surface area contributed by atoms with Gasteiger partial charge in [0.1, 0.15) is 5.75 Å². The van der Waals surface area contributed by atoms with Crippen LogP contribution in [0, 0.1) is 20.8 Å². The van der Waals surface area contributed by atoms with Crippen LogP contribution in [0.25, 0.3) is 0 Å². The number of aryl methyl sites for hydroxylation is 1. The maximum Gasteiger partial charge on any atom is 0.123 e. The Morgan fingerprint density at radius 3 is 2.53 bits per heavy atom. The summed E-state index contributed by atoms with van der Waals surface area (Å²) in [6, 6.07) is 6.05. The molecule has 2 rings (SSSR count). The number of hydrogen-bond donors (Lipinski definition) is 1. The Bertz CT molecular complexity index is 587. The maximum atomic E-state index is 5.70. The van der Waals surface area contributed by atoms with Gasteiger partial charge in [-0.1, -0.05) is 6.07 Å². The second-order valence-electron chi connectivity index (χ2n) is 4.80. The normalized spacial score (nSPS) is 10.8. The van der Waals surface area contributed by atoms with Crippen LogP contribution < -0.4 is 10.5 Å². The van der Waals surface area contributed by atoms with Crippen LogP contribution in [0.5, 0.6) is 5.75 Å². The van der Waals surface area contributed by atoms with Gasteiger partial charge >= 0.3 is 0 Å². The number of nitrogens with zero attached hydrogens (tertiary/aromatic N) is 2. The molecule has 0 aliphatic carbocycles. The van der Waals surface area contributed by atoms with E-state index >= 15 is 0 Å². The number of rotatable bonds is 4. The minimum atomic E-state index is 0.535. The number of ether oxygens (including phenoxy) is 1.